The Kier molecular flexibility index (Phi) is 3.78. The first-order valence-electron chi connectivity index (χ1n) is 8.15. The second-order valence-corrected chi connectivity index (χ2v) is 6.22. The van der Waals surface area contributed by atoms with Gasteiger partial charge < -0.3 is 14.9 Å². The summed E-state index contributed by atoms with van der Waals surface area (Å²) in [4.78, 5) is 30.7. The van der Waals surface area contributed by atoms with E-state index < -0.39 is 0 Å². The molecule has 1 aromatic carbocycles. The van der Waals surface area contributed by atoms with Crippen molar-refractivity contribution in [2.45, 2.75) is 13.5 Å². The van der Waals surface area contributed by atoms with Crippen LogP contribution in [0.3, 0.4) is 0 Å². The first kappa shape index (κ1) is 14.9. The fourth-order valence-corrected chi connectivity index (χ4v) is 3.15. The highest BCUT2D eigenvalue weighted by Crippen LogP contribution is 2.24. The number of anilines is 1. The lowest BCUT2D eigenvalue weighted by Crippen LogP contribution is -2.46. The number of hydrogen-bond donors (Lipinski definition) is 2. The van der Waals surface area contributed by atoms with Gasteiger partial charge in [0.05, 0.1) is 23.3 Å². The fraction of sp³-hybridized carbons (Fsp3) is 0.353. The Morgan fingerprint density at radius 3 is 2.58 bits per heavy atom. The molecular formula is C17H20N6O. The van der Waals surface area contributed by atoms with Crippen LogP contribution in [0, 0.1) is 6.92 Å². The Bertz CT molecular complexity index is 889. The number of imidazole rings is 1. The van der Waals surface area contributed by atoms with Gasteiger partial charge in [-0.15, -0.1) is 0 Å². The van der Waals surface area contributed by atoms with Gasteiger partial charge in [-0.3, -0.25) is 4.90 Å². The monoisotopic (exact) mass is 324 g/mol. The Labute approximate surface area is 139 Å². The zero-order chi connectivity index (χ0) is 16.5. The van der Waals surface area contributed by atoms with Crippen molar-refractivity contribution in [3.8, 4) is 0 Å². The summed E-state index contributed by atoms with van der Waals surface area (Å²) in [6, 6.07) is 5.96. The van der Waals surface area contributed by atoms with Gasteiger partial charge in [0.15, 0.2) is 0 Å². The minimum Gasteiger partial charge on any atom is -0.367 e. The first-order valence-corrected chi connectivity index (χ1v) is 8.15. The number of H-pyrrole nitrogens is 2. The van der Waals surface area contributed by atoms with E-state index in [1.165, 1.54) is 0 Å². The Morgan fingerprint density at radius 1 is 1.08 bits per heavy atom. The predicted molar refractivity (Wildman–Crippen MR) is 93.2 cm³/mol. The highest BCUT2D eigenvalue weighted by molar-refractivity contribution is 5.88. The molecule has 4 rings (SSSR count). The molecule has 1 aliphatic heterocycles. The highest BCUT2D eigenvalue weighted by atomic mass is 16.1. The van der Waals surface area contributed by atoms with Crippen molar-refractivity contribution in [2.24, 2.45) is 0 Å². The summed E-state index contributed by atoms with van der Waals surface area (Å²) in [6.45, 7) is 6.49. The smallest absolute Gasteiger partial charge is 0.323 e. The molecule has 3 aromatic rings. The molecule has 24 heavy (non-hydrogen) atoms. The summed E-state index contributed by atoms with van der Waals surface area (Å²) in [6.07, 6.45) is 3.73. The lowest BCUT2D eigenvalue weighted by molar-refractivity contribution is 0.244. The largest absolute Gasteiger partial charge is 0.367 e. The predicted octanol–water partition coefficient (Wildman–Crippen LogP) is 1.28. The van der Waals surface area contributed by atoms with Crippen LogP contribution in [0.25, 0.3) is 11.0 Å². The molecule has 0 spiro atoms. The summed E-state index contributed by atoms with van der Waals surface area (Å²) in [5.74, 6) is 0.867. The van der Waals surface area contributed by atoms with Crippen LogP contribution in [0.5, 0.6) is 0 Å². The lowest BCUT2D eigenvalue weighted by atomic mass is 10.2. The van der Waals surface area contributed by atoms with E-state index in [9.17, 15) is 4.79 Å². The van der Waals surface area contributed by atoms with Gasteiger partial charge in [0.2, 0.25) is 0 Å². The van der Waals surface area contributed by atoms with Gasteiger partial charge in [-0.1, -0.05) is 6.07 Å². The Morgan fingerprint density at radius 2 is 1.83 bits per heavy atom. The van der Waals surface area contributed by atoms with Crippen molar-refractivity contribution in [1.82, 2.24) is 24.8 Å². The number of aryl methyl sites for hydroxylation is 1. The third-order valence-corrected chi connectivity index (χ3v) is 4.44. The maximum absolute atomic E-state index is 11.6. The number of hydrogen-bond acceptors (Lipinski definition) is 5. The Balaban J connectivity index is 1.45. The van der Waals surface area contributed by atoms with Crippen LogP contribution in [0.2, 0.25) is 0 Å². The van der Waals surface area contributed by atoms with Gasteiger partial charge in [0.1, 0.15) is 5.82 Å². The van der Waals surface area contributed by atoms with Crippen molar-refractivity contribution < 1.29 is 0 Å². The van der Waals surface area contributed by atoms with Crippen molar-refractivity contribution in [1.29, 1.82) is 0 Å². The number of benzene rings is 1. The second kappa shape index (κ2) is 6.09. The van der Waals surface area contributed by atoms with E-state index >= 15 is 0 Å². The highest BCUT2D eigenvalue weighted by Gasteiger charge is 2.20. The third-order valence-electron chi connectivity index (χ3n) is 4.44. The summed E-state index contributed by atoms with van der Waals surface area (Å²) < 4.78 is 0. The van der Waals surface area contributed by atoms with Crippen molar-refractivity contribution >= 4 is 16.7 Å². The zero-order valence-electron chi connectivity index (χ0n) is 13.6. The third kappa shape index (κ3) is 2.90. The molecule has 3 heterocycles. The van der Waals surface area contributed by atoms with E-state index in [1.807, 2.05) is 31.5 Å². The van der Waals surface area contributed by atoms with Crippen molar-refractivity contribution in [3.63, 3.8) is 0 Å². The van der Waals surface area contributed by atoms with Gasteiger partial charge in [0.25, 0.3) is 0 Å². The van der Waals surface area contributed by atoms with E-state index in [0.717, 1.165) is 60.8 Å². The average molecular weight is 324 g/mol. The van der Waals surface area contributed by atoms with E-state index in [-0.39, 0.29) is 5.69 Å². The molecule has 0 saturated carbocycles. The molecule has 0 unspecified atom stereocenters. The molecular weight excluding hydrogens is 304 g/mol. The molecule has 124 valence electrons. The van der Waals surface area contributed by atoms with Crippen molar-refractivity contribution in [3.05, 3.63) is 52.5 Å². The minimum atomic E-state index is -0.160. The lowest BCUT2D eigenvalue weighted by Gasteiger charge is -2.35. The normalized spacial score (nSPS) is 16.0. The number of nitrogens with one attached hydrogen (secondary N) is 2. The zero-order valence-corrected chi connectivity index (χ0v) is 13.6. The number of piperazine rings is 1. The van der Waals surface area contributed by atoms with Gasteiger partial charge in [-0.2, -0.15) is 0 Å². The van der Waals surface area contributed by atoms with E-state index in [2.05, 4.69) is 35.8 Å². The summed E-state index contributed by atoms with van der Waals surface area (Å²) >= 11 is 0. The van der Waals surface area contributed by atoms with Crippen LogP contribution in [0.15, 0.2) is 35.4 Å². The molecule has 0 radical (unpaired) electrons. The number of aromatic nitrogens is 4. The molecule has 1 aliphatic rings. The molecule has 1 saturated heterocycles. The summed E-state index contributed by atoms with van der Waals surface area (Å²) in [7, 11) is 0. The first-order chi connectivity index (χ1) is 11.7. The van der Waals surface area contributed by atoms with E-state index in [4.69, 9.17) is 0 Å². The van der Waals surface area contributed by atoms with Crippen LogP contribution < -0.4 is 10.6 Å². The number of rotatable bonds is 3. The van der Waals surface area contributed by atoms with E-state index in [0.29, 0.717) is 0 Å². The summed E-state index contributed by atoms with van der Waals surface area (Å²) in [5.41, 5.74) is 3.74. The Hall–Kier alpha value is -2.67. The van der Waals surface area contributed by atoms with Gasteiger partial charge in [-0.05, 0) is 24.6 Å². The maximum atomic E-state index is 11.6. The molecule has 0 atom stereocenters. The number of fused-ring (bicyclic) bond motifs is 1. The van der Waals surface area contributed by atoms with Gasteiger partial charge in [0, 0.05) is 38.6 Å². The minimum absolute atomic E-state index is 0.160. The number of aromatic amines is 2. The van der Waals surface area contributed by atoms with Crippen LogP contribution in [-0.4, -0.2) is 51.0 Å². The van der Waals surface area contributed by atoms with Crippen LogP contribution in [0.4, 0.5) is 5.69 Å². The standard InChI is InChI=1S/C17H20N6O/c1-12-9-18-15(19-10-12)11-22-5-7-23(8-6-22)14-4-2-3-13-16(14)21-17(24)20-13/h2-4,9-10H,5-8,11H2,1H3,(H2,20,21,24). The molecule has 7 heteroatoms. The molecule has 7 nitrogen and oxygen atoms in total. The van der Waals surface area contributed by atoms with Crippen LogP contribution in [-0.2, 0) is 6.54 Å². The second-order valence-electron chi connectivity index (χ2n) is 6.22. The molecule has 0 amide bonds. The van der Waals surface area contributed by atoms with Gasteiger partial charge >= 0.3 is 5.69 Å². The van der Waals surface area contributed by atoms with Crippen molar-refractivity contribution in [2.75, 3.05) is 31.1 Å². The number of nitrogens with zero attached hydrogens (tertiary/aromatic N) is 4. The molecule has 0 bridgehead atoms. The quantitative estimate of drug-likeness (QED) is 0.758. The molecule has 1 fully saturated rings. The molecule has 2 N–H and O–H groups in total. The maximum Gasteiger partial charge on any atom is 0.323 e. The van der Waals surface area contributed by atoms with Crippen LogP contribution in [0.1, 0.15) is 11.4 Å². The van der Waals surface area contributed by atoms with E-state index in [1.54, 1.807) is 0 Å². The molecule has 0 aliphatic carbocycles. The topological polar surface area (TPSA) is 80.9 Å². The SMILES string of the molecule is Cc1cnc(CN2CCN(c3cccc4[nH]c(=O)[nH]c34)CC2)nc1. The van der Waals surface area contributed by atoms with Gasteiger partial charge in [-0.25, -0.2) is 14.8 Å². The number of para-hydroxylation sites is 1. The summed E-state index contributed by atoms with van der Waals surface area (Å²) in [5, 5.41) is 0. The fourth-order valence-electron chi connectivity index (χ4n) is 3.15. The average Bonchev–Trinajstić information content (AvgIpc) is 2.98. The van der Waals surface area contributed by atoms with Crippen LogP contribution >= 0.6 is 0 Å². The molecule has 2 aromatic heterocycles.